The van der Waals surface area contributed by atoms with Crippen LogP contribution in [0.4, 0.5) is 5.69 Å². The van der Waals surface area contributed by atoms with Gasteiger partial charge < -0.3 is 4.74 Å². The molecule has 0 aromatic heterocycles. The van der Waals surface area contributed by atoms with Crippen molar-refractivity contribution in [3.63, 3.8) is 0 Å². The maximum absolute atomic E-state index is 12.4. The number of amides is 1. The SMILES string of the molecule is CC(=O)COC(=O)C12CCC(=O)N1c1ccccc1S2. The lowest BCUT2D eigenvalue weighted by Crippen LogP contribution is -2.48. The number of carbonyl (C=O) groups is 3. The van der Waals surface area contributed by atoms with E-state index in [1.807, 2.05) is 24.3 Å². The standard InChI is InChI=1S/C14H13NO4S/c1-9(16)8-19-13(18)14-7-6-12(17)15(14)10-4-2-3-5-11(10)20-14/h2-5H,6-8H2,1H3. The van der Waals surface area contributed by atoms with Crippen molar-refractivity contribution in [3.05, 3.63) is 24.3 Å². The summed E-state index contributed by atoms with van der Waals surface area (Å²) in [7, 11) is 0. The number of hydrogen-bond donors (Lipinski definition) is 0. The highest BCUT2D eigenvalue weighted by molar-refractivity contribution is 8.02. The number of anilines is 1. The van der Waals surface area contributed by atoms with Gasteiger partial charge in [0.2, 0.25) is 5.91 Å². The average Bonchev–Trinajstić information content (AvgIpc) is 2.92. The number of nitrogens with zero attached hydrogens (tertiary/aromatic N) is 1. The molecule has 2 aliphatic heterocycles. The van der Waals surface area contributed by atoms with Crippen LogP contribution < -0.4 is 4.90 Å². The number of hydrogen-bond acceptors (Lipinski definition) is 5. The van der Waals surface area contributed by atoms with Gasteiger partial charge >= 0.3 is 5.97 Å². The molecule has 1 aromatic carbocycles. The molecule has 1 unspecified atom stereocenters. The third kappa shape index (κ3) is 1.83. The Hall–Kier alpha value is -1.82. The van der Waals surface area contributed by atoms with E-state index in [9.17, 15) is 14.4 Å². The summed E-state index contributed by atoms with van der Waals surface area (Å²) in [5.74, 6) is -0.812. The first-order chi connectivity index (χ1) is 9.54. The summed E-state index contributed by atoms with van der Waals surface area (Å²) < 4.78 is 5.07. The Kier molecular flexibility index (Phi) is 3.05. The van der Waals surface area contributed by atoms with Crippen LogP contribution in [-0.2, 0) is 19.1 Å². The summed E-state index contributed by atoms with van der Waals surface area (Å²) in [6.45, 7) is 1.11. The second kappa shape index (κ2) is 4.63. The van der Waals surface area contributed by atoms with Crippen LogP contribution in [0.15, 0.2) is 29.2 Å². The van der Waals surface area contributed by atoms with Crippen molar-refractivity contribution in [1.82, 2.24) is 0 Å². The number of esters is 1. The van der Waals surface area contributed by atoms with Gasteiger partial charge in [-0.25, -0.2) is 4.79 Å². The van der Waals surface area contributed by atoms with Gasteiger partial charge in [-0.2, -0.15) is 0 Å². The number of Topliss-reactive ketones (excluding diaryl/α,β-unsaturated/α-hetero) is 1. The zero-order chi connectivity index (χ0) is 14.3. The fourth-order valence-electron chi connectivity index (χ4n) is 2.55. The lowest BCUT2D eigenvalue weighted by molar-refractivity contribution is -0.150. The van der Waals surface area contributed by atoms with Crippen molar-refractivity contribution in [2.75, 3.05) is 11.5 Å². The van der Waals surface area contributed by atoms with Crippen LogP contribution in [0.1, 0.15) is 19.8 Å². The normalized spacial score (nSPS) is 23.4. The molecule has 1 saturated heterocycles. The quantitative estimate of drug-likeness (QED) is 0.794. The van der Waals surface area contributed by atoms with Gasteiger partial charge in [-0.3, -0.25) is 14.5 Å². The van der Waals surface area contributed by atoms with Crippen LogP contribution >= 0.6 is 11.8 Å². The first-order valence-electron chi connectivity index (χ1n) is 6.32. The third-order valence-corrected chi connectivity index (χ3v) is 4.85. The van der Waals surface area contributed by atoms with Crippen molar-refractivity contribution < 1.29 is 19.1 Å². The molecule has 104 valence electrons. The van der Waals surface area contributed by atoms with E-state index in [-0.39, 0.29) is 18.3 Å². The molecule has 0 radical (unpaired) electrons. The average molecular weight is 291 g/mol. The number of carbonyl (C=O) groups excluding carboxylic acids is 3. The van der Waals surface area contributed by atoms with Crippen LogP contribution in [0.2, 0.25) is 0 Å². The lowest BCUT2D eigenvalue weighted by Gasteiger charge is -2.28. The molecule has 1 aromatic rings. The highest BCUT2D eigenvalue weighted by Crippen LogP contribution is 2.56. The number of thioether (sulfide) groups is 1. The minimum atomic E-state index is -1.03. The van der Waals surface area contributed by atoms with E-state index in [0.717, 1.165) is 10.6 Å². The summed E-state index contributed by atoms with van der Waals surface area (Å²) in [5.41, 5.74) is 0.750. The Bertz CT molecular complexity index is 615. The Morgan fingerprint density at radius 3 is 2.90 bits per heavy atom. The second-order valence-corrected chi connectivity index (χ2v) is 6.18. The van der Waals surface area contributed by atoms with Gasteiger partial charge in [0.05, 0.1) is 5.69 Å². The number of rotatable bonds is 3. The topological polar surface area (TPSA) is 63.7 Å². The number of para-hydroxylation sites is 1. The molecule has 0 spiro atoms. The van der Waals surface area contributed by atoms with Gasteiger partial charge in [0.1, 0.15) is 6.61 Å². The number of ketones is 1. The molecule has 5 nitrogen and oxygen atoms in total. The van der Waals surface area contributed by atoms with Crippen molar-refractivity contribution in [2.45, 2.75) is 29.5 Å². The molecule has 1 fully saturated rings. The maximum atomic E-state index is 12.4. The van der Waals surface area contributed by atoms with Gasteiger partial charge in [0.25, 0.3) is 0 Å². The molecule has 0 N–H and O–H groups in total. The predicted octanol–water partition coefficient (Wildman–Crippen LogP) is 1.75. The number of benzene rings is 1. The first kappa shape index (κ1) is 13.2. The van der Waals surface area contributed by atoms with Gasteiger partial charge in [0.15, 0.2) is 10.7 Å². The molecule has 1 atom stereocenters. The van der Waals surface area contributed by atoms with E-state index in [1.54, 1.807) is 0 Å². The summed E-state index contributed by atoms with van der Waals surface area (Å²) >= 11 is 1.34. The largest absolute Gasteiger partial charge is 0.455 e. The number of fused-ring (bicyclic) bond motifs is 3. The van der Waals surface area contributed by atoms with E-state index in [0.29, 0.717) is 12.8 Å². The molecule has 0 saturated carbocycles. The Morgan fingerprint density at radius 1 is 1.40 bits per heavy atom. The maximum Gasteiger partial charge on any atom is 0.343 e. The second-order valence-electron chi connectivity index (χ2n) is 4.86. The van der Waals surface area contributed by atoms with E-state index < -0.39 is 10.8 Å². The summed E-state index contributed by atoms with van der Waals surface area (Å²) in [6, 6.07) is 7.41. The van der Waals surface area contributed by atoms with Crippen molar-refractivity contribution in [2.24, 2.45) is 0 Å². The molecule has 0 bridgehead atoms. The van der Waals surface area contributed by atoms with Crippen LogP contribution in [0.5, 0.6) is 0 Å². The van der Waals surface area contributed by atoms with Crippen LogP contribution in [0.3, 0.4) is 0 Å². The lowest BCUT2D eigenvalue weighted by atomic mass is 10.2. The minimum Gasteiger partial charge on any atom is -0.455 e. The predicted molar refractivity (Wildman–Crippen MR) is 73.4 cm³/mol. The molecule has 2 heterocycles. The molecular formula is C14H13NO4S. The van der Waals surface area contributed by atoms with E-state index in [1.165, 1.54) is 23.6 Å². The molecule has 3 rings (SSSR count). The Balaban J connectivity index is 1.95. The van der Waals surface area contributed by atoms with E-state index >= 15 is 0 Å². The Labute approximate surface area is 120 Å². The number of ether oxygens (including phenoxy) is 1. The van der Waals surface area contributed by atoms with Crippen LogP contribution in [0.25, 0.3) is 0 Å². The summed E-state index contributed by atoms with van der Waals surface area (Å²) in [5, 5.41) is 0. The van der Waals surface area contributed by atoms with Gasteiger partial charge in [-0.15, -0.1) is 0 Å². The fraction of sp³-hybridized carbons (Fsp3) is 0.357. The minimum absolute atomic E-state index is 0.0813. The zero-order valence-electron chi connectivity index (χ0n) is 10.9. The first-order valence-corrected chi connectivity index (χ1v) is 7.14. The van der Waals surface area contributed by atoms with Crippen LogP contribution in [-0.4, -0.2) is 29.1 Å². The molecule has 2 aliphatic rings. The summed E-state index contributed by atoms with van der Waals surface area (Å²) in [6.07, 6.45) is 0.721. The highest BCUT2D eigenvalue weighted by Gasteiger charge is 2.58. The smallest absolute Gasteiger partial charge is 0.343 e. The highest BCUT2D eigenvalue weighted by atomic mass is 32.2. The van der Waals surface area contributed by atoms with Gasteiger partial charge in [0, 0.05) is 17.7 Å². The van der Waals surface area contributed by atoms with Gasteiger partial charge in [-0.05, 0) is 19.1 Å². The molecule has 6 heteroatoms. The summed E-state index contributed by atoms with van der Waals surface area (Å²) in [4.78, 5) is 36.8. The fourth-order valence-corrected chi connectivity index (χ4v) is 3.96. The van der Waals surface area contributed by atoms with Crippen molar-refractivity contribution in [1.29, 1.82) is 0 Å². The Morgan fingerprint density at radius 2 is 2.15 bits per heavy atom. The molecule has 20 heavy (non-hydrogen) atoms. The van der Waals surface area contributed by atoms with Crippen LogP contribution in [0, 0.1) is 0 Å². The third-order valence-electron chi connectivity index (χ3n) is 3.40. The zero-order valence-corrected chi connectivity index (χ0v) is 11.7. The molecular weight excluding hydrogens is 278 g/mol. The monoisotopic (exact) mass is 291 g/mol. The van der Waals surface area contributed by atoms with E-state index in [2.05, 4.69) is 0 Å². The van der Waals surface area contributed by atoms with Crippen molar-refractivity contribution >= 4 is 35.1 Å². The molecule has 0 aliphatic carbocycles. The van der Waals surface area contributed by atoms with Gasteiger partial charge in [-0.1, -0.05) is 23.9 Å². The molecule has 1 amide bonds. The van der Waals surface area contributed by atoms with Crippen molar-refractivity contribution in [3.8, 4) is 0 Å². The van der Waals surface area contributed by atoms with E-state index in [4.69, 9.17) is 4.74 Å².